The summed E-state index contributed by atoms with van der Waals surface area (Å²) in [4.78, 5) is 1.86. The number of aliphatic hydroxyl groups is 1. The van der Waals surface area contributed by atoms with Crippen molar-refractivity contribution < 1.29 is 9.50 Å². The quantitative estimate of drug-likeness (QED) is 0.878. The van der Waals surface area contributed by atoms with Crippen LogP contribution in [0.2, 0.25) is 0 Å². The van der Waals surface area contributed by atoms with Gasteiger partial charge in [-0.05, 0) is 40.9 Å². The number of anilines is 1. The van der Waals surface area contributed by atoms with Crippen LogP contribution in [0.3, 0.4) is 0 Å². The van der Waals surface area contributed by atoms with Crippen molar-refractivity contribution in [1.82, 2.24) is 0 Å². The molecule has 0 spiro atoms. The maximum Gasteiger partial charge on any atom is 0.160 e. The highest BCUT2D eigenvalue weighted by Gasteiger charge is 2.32. The van der Waals surface area contributed by atoms with E-state index in [2.05, 4.69) is 15.9 Å². The number of hydrogen-bond donors (Lipinski definition) is 2. The Bertz CT molecular complexity index is 437. The van der Waals surface area contributed by atoms with Crippen LogP contribution in [0.25, 0.3) is 0 Å². The highest BCUT2D eigenvalue weighted by atomic mass is 79.9. The minimum Gasteiger partial charge on any atom is -0.388 e. The summed E-state index contributed by atoms with van der Waals surface area (Å²) in [6.07, 6.45) is 0.655. The monoisotopic (exact) mass is 302 g/mol. The Morgan fingerprint density at radius 2 is 2.29 bits per heavy atom. The average Bonchev–Trinajstić information content (AvgIpc) is 2.63. The molecule has 0 bridgehead atoms. The fourth-order valence-corrected chi connectivity index (χ4v) is 2.63. The minimum absolute atomic E-state index is 0.300. The van der Waals surface area contributed by atoms with Gasteiger partial charge in [0.25, 0.3) is 0 Å². The van der Waals surface area contributed by atoms with E-state index in [-0.39, 0.29) is 5.82 Å². The summed E-state index contributed by atoms with van der Waals surface area (Å²) in [5.74, 6) is -0.300. The summed E-state index contributed by atoms with van der Waals surface area (Å²) in [6.45, 7) is 3.19. The molecule has 2 rings (SSSR count). The SMILES string of the molecule is CC1(O)CCN(c2ccc(CN)c(Br)c2F)C1. The van der Waals surface area contributed by atoms with E-state index < -0.39 is 5.60 Å². The van der Waals surface area contributed by atoms with Gasteiger partial charge in [0, 0.05) is 19.6 Å². The summed E-state index contributed by atoms with van der Waals surface area (Å²) in [7, 11) is 0. The van der Waals surface area contributed by atoms with Gasteiger partial charge in [0.15, 0.2) is 5.82 Å². The second-order valence-corrected chi connectivity index (χ2v) is 5.54. The molecule has 1 aliphatic heterocycles. The van der Waals surface area contributed by atoms with E-state index in [9.17, 15) is 9.50 Å². The lowest BCUT2D eigenvalue weighted by Crippen LogP contribution is -2.30. The van der Waals surface area contributed by atoms with E-state index in [0.717, 1.165) is 5.56 Å². The standard InChI is InChI=1S/C12H16BrFN2O/c1-12(17)4-5-16(7-12)9-3-2-8(6-15)10(13)11(9)14/h2-3,17H,4-7,15H2,1H3. The van der Waals surface area contributed by atoms with Gasteiger partial charge in [0.2, 0.25) is 0 Å². The number of nitrogens with two attached hydrogens (primary N) is 1. The molecule has 1 unspecified atom stereocenters. The van der Waals surface area contributed by atoms with Crippen molar-refractivity contribution in [3.8, 4) is 0 Å². The minimum atomic E-state index is -0.731. The second-order valence-electron chi connectivity index (χ2n) is 4.74. The molecule has 0 aliphatic carbocycles. The number of hydrogen-bond acceptors (Lipinski definition) is 3. The third-order valence-electron chi connectivity index (χ3n) is 3.15. The molecule has 1 atom stereocenters. The molecule has 94 valence electrons. The molecule has 1 aromatic rings. The Balaban J connectivity index is 2.32. The molecule has 0 saturated carbocycles. The van der Waals surface area contributed by atoms with Crippen LogP contribution in [0, 0.1) is 5.82 Å². The van der Waals surface area contributed by atoms with Gasteiger partial charge in [-0.2, -0.15) is 0 Å². The Morgan fingerprint density at radius 1 is 1.59 bits per heavy atom. The fourth-order valence-electron chi connectivity index (χ4n) is 2.13. The first-order valence-corrected chi connectivity index (χ1v) is 6.38. The number of benzene rings is 1. The zero-order chi connectivity index (χ0) is 12.6. The van der Waals surface area contributed by atoms with Gasteiger partial charge in [-0.25, -0.2) is 4.39 Å². The van der Waals surface area contributed by atoms with Crippen LogP contribution in [0.5, 0.6) is 0 Å². The van der Waals surface area contributed by atoms with E-state index in [1.807, 2.05) is 11.0 Å². The number of nitrogens with zero attached hydrogens (tertiary/aromatic N) is 1. The van der Waals surface area contributed by atoms with E-state index in [1.165, 1.54) is 0 Å². The first kappa shape index (κ1) is 12.8. The molecule has 0 aromatic heterocycles. The lowest BCUT2D eigenvalue weighted by Gasteiger charge is -2.22. The molecule has 0 radical (unpaired) electrons. The van der Waals surface area contributed by atoms with Gasteiger partial charge < -0.3 is 15.7 Å². The van der Waals surface area contributed by atoms with Gasteiger partial charge in [-0.15, -0.1) is 0 Å². The molecule has 3 nitrogen and oxygen atoms in total. The lowest BCUT2D eigenvalue weighted by atomic mass is 10.1. The number of rotatable bonds is 2. The molecule has 5 heteroatoms. The third-order valence-corrected chi connectivity index (χ3v) is 4.01. The van der Waals surface area contributed by atoms with Crippen molar-refractivity contribution in [2.24, 2.45) is 5.73 Å². The van der Waals surface area contributed by atoms with Gasteiger partial charge in [0.05, 0.1) is 15.8 Å². The Kier molecular flexibility index (Phi) is 3.43. The van der Waals surface area contributed by atoms with Crippen molar-refractivity contribution >= 4 is 21.6 Å². The molecule has 3 N–H and O–H groups in total. The first-order chi connectivity index (χ1) is 7.94. The number of halogens is 2. The predicted molar refractivity (Wildman–Crippen MR) is 69.4 cm³/mol. The van der Waals surface area contributed by atoms with Crippen molar-refractivity contribution in [3.05, 3.63) is 28.0 Å². The Morgan fingerprint density at radius 3 is 2.82 bits per heavy atom. The van der Waals surface area contributed by atoms with Crippen LogP contribution in [0.15, 0.2) is 16.6 Å². The highest BCUT2D eigenvalue weighted by Crippen LogP contribution is 2.33. The normalized spacial score (nSPS) is 24.4. The van der Waals surface area contributed by atoms with Crippen molar-refractivity contribution in [2.75, 3.05) is 18.0 Å². The molecule has 17 heavy (non-hydrogen) atoms. The van der Waals surface area contributed by atoms with Crippen LogP contribution in [0.4, 0.5) is 10.1 Å². The van der Waals surface area contributed by atoms with Crippen molar-refractivity contribution in [1.29, 1.82) is 0 Å². The maximum absolute atomic E-state index is 14.1. The van der Waals surface area contributed by atoms with Crippen molar-refractivity contribution in [3.63, 3.8) is 0 Å². The molecule has 1 aromatic carbocycles. The Hall–Kier alpha value is -0.650. The van der Waals surface area contributed by atoms with Gasteiger partial charge in [-0.3, -0.25) is 0 Å². The van der Waals surface area contributed by atoms with Crippen LogP contribution < -0.4 is 10.6 Å². The second kappa shape index (κ2) is 4.55. The molecule has 1 fully saturated rings. The van der Waals surface area contributed by atoms with Crippen LogP contribution >= 0.6 is 15.9 Å². The highest BCUT2D eigenvalue weighted by molar-refractivity contribution is 9.10. The zero-order valence-electron chi connectivity index (χ0n) is 9.71. The molecule has 1 aliphatic rings. The summed E-state index contributed by atoms with van der Waals surface area (Å²) < 4.78 is 14.5. The zero-order valence-corrected chi connectivity index (χ0v) is 11.3. The largest absolute Gasteiger partial charge is 0.388 e. The smallest absolute Gasteiger partial charge is 0.160 e. The Labute approximate surface area is 109 Å². The summed E-state index contributed by atoms with van der Waals surface area (Å²) >= 11 is 3.22. The van der Waals surface area contributed by atoms with Gasteiger partial charge in [-0.1, -0.05) is 6.07 Å². The van der Waals surface area contributed by atoms with Crippen LogP contribution in [-0.2, 0) is 6.54 Å². The maximum atomic E-state index is 14.1. The summed E-state index contributed by atoms with van der Waals surface area (Å²) in [6, 6.07) is 3.54. The van der Waals surface area contributed by atoms with E-state index in [0.29, 0.717) is 36.2 Å². The molecular formula is C12H16BrFN2O. The first-order valence-electron chi connectivity index (χ1n) is 5.59. The van der Waals surface area contributed by atoms with E-state index in [4.69, 9.17) is 5.73 Å². The van der Waals surface area contributed by atoms with Crippen LogP contribution in [0.1, 0.15) is 18.9 Å². The molecule has 1 heterocycles. The van der Waals surface area contributed by atoms with E-state index >= 15 is 0 Å². The summed E-state index contributed by atoms with van der Waals surface area (Å²) in [5, 5.41) is 9.89. The average molecular weight is 303 g/mol. The van der Waals surface area contributed by atoms with Crippen molar-refractivity contribution in [2.45, 2.75) is 25.5 Å². The summed E-state index contributed by atoms with van der Waals surface area (Å²) in [5.41, 5.74) is 6.05. The molecular weight excluding hydrogens is 287 g/mol. The van der Waals surface area contributed by atoms with Gasteiger partial charge in [0.1, 0.15) is 0 Å². The van der Waals surface area contributed by atoms with Gasteiger partial charge >= 0.3 is 0 Å². The predicted octanol–water partition coefficient (Wildman–Crippen LogP) is 2.01. The van der Waals surface area contributed by atoms with Crippen LogP contribution in [-0.4, -0.2) is 23.8 Å². The van der Waals surface area contributed by atoms with E-state index in [1.54, 1.807) is 13.0 Å². The third kappa shape index (κ3) is 2.46. The fraction of sp³-hybridized carbons (Fsp3) is 0.500. The molecule has 1 saturated heterocycles. The number of β-amino-alcohol motifs (C(OH)–C–C–N with tert-alkyl or cyclic N) is 1. The molecule has 0 amide bonds. The topological polar surface area (TPSA) is 49.5 Å². The lowest BCUT2D eigenvalue weighted by molar-refractivity contribution is 0.0839.